The zero-order valence-electron chi connectivity index (χ0n) is 23.8. The van der Waals surface area contributed by atoms with Gasteiger partial charge in [0, 0.05) is 50.9 Å². The largest absolute Gasteiger partial charge is 0.379 e. The molecule has 2 amide bonds. The second-order valence-corrected chi connectivity index (χ2v) is 13.9. The molecule has 232 valence electrons. The molecule has 0 aromatic heterocycles. The Morgan fingerprint density at radius 2 is 1.12 bits per heavy atom. The van der Waals surface area contributed by atoms with Gasteiger partial charge in [-0.25, -0.2) is 16.8 Å². The minimum Gasteiger partial charge on any atom is -0.379 e. The van der Waals surface area contributed by atoms with E-state index in [1.807, 2.05) is 0 Å². The van der Waals surface area contributed by atoms with Crippen LogP contribution in [-0.4, -0.2) is 102 Å². The summed E-state index contributed by atoms with van der Waals surface area (Å²) in [5.74, 6) is -0.733. The smallest absolute Gasteiger partial charge is 0.244 e. The molecule has 2 aliphatic rings. The molecule has 2 heterocycles. The average molecular weight is 633 g/mol. The predicted molar refractivity (Wildman–Crippen MR) is 161 cm³/mol. The molecular formula is C29H36N4O8S2. The van der Waals surface area contributed by atoms with Crippen molar-refractivity contribution < 1.29 is 35.9 Å². The fourth-order valence-corrected chi connectivity index (χ4v) is 7.19. The summed E-state index contributed by atoms with van der Waals surface area (Å²) in [4.78, 5) is 24.9. The van der Waals surface area contributed by atoms with Crippen molar-refractivity contribution in [2.45, 2.75) is 22.8 Å². The zero-order valence-corrected chi connectivity index (χ0v) is 25.5. The zero-order chi connectivity index (χ0) is 30.9. The number of amides is 2. The lowest BCUT2D eigenvalue weighted by Crippen LogP contribution is -2.40. The van der Waals surface area contributed by atoms with Gasteiger partial charge in [-0.05, 0) is 54.5 Å². The Labute approximate surface area is 252 Å². The van der Waals surface area contributed by atoms with Crippen molar-refractivity contribution >= 4 is 44.0 Å². The van der Waals surface area contributed by atoms with Crippen LogP contribution in [0.4, 0.5) is 0 Å². The standard InChI is InChI=1S/C29H36N4O8S2/c1-23(31-29(35)13-7-25-4-10-27(11-5-25)43(38,39)33-16-20-41-21-17-33)22-30-28(34)12-6-24-2-8-26(9-3-24)42(36,37)32-14-18-40-19-15-32/h2-13,23H,14-22H2,1H3,(H,30,34)(H,31,35)/b12-6+,13-7+/t23-/m1/s1. The minimum absolute atomic E-state index is 0.183. The van der Waals surface area contributed by atoms with E-state index in [-0.39, 0.29) is 34.2 Å². The van der Waals surface area contributed by atoms with E-state index in [9.17, 15) is 26.4 Å². The Balaban J connectivity index is 1.20. The molecule has 0 unspecified atom stereocenters. The van der Waals surface area contributed by atoms with Crippen molar-refractivity contribution in [1.29, 1.82) is 0 Å². The fourth-order valence-electron chi connectivity index (χ4n) is 4.37. The number of carbonyl (C=O) groups is 2. The lowest BCUT2D eigenvalue weighted by atomic mass is 10.2. The number of nitrogens with one attached hydrogen (secondary N) is 2. The van der Waals surface area contributed by atoms with Gasteiger partial charge in [0.15, 0.2) is 0 Å². The van der Waals surface area contributed by atoms with Gasteiger partial charge in [-0.1, -0.05) is 24.3 Å². The van der Waals surface area contributed by atoms with E-state index in [4.69, 9.17) is 9.47 Å². The number of rotatable bonds is 11. The number of nitrogens with zero attached hydrogens (tertiary/aromatic N) is 2. The first-order chi connectivity index (χ1) is 20.6. The quantitative estimate of drug-likeness (QED) is 0.350. The van der Waals surface area contributed by atoms with E-state index in [0.717, 1.165) is 0 Å². The van der Waals surface area contributed by atoms with Gasteiger partial charge in [-0.2, -0.15) is 8.61 Å². The van der Waals surface area contributed by atoms with Crippen LogP contribution in [0.25, 0.3) is 12.2 Å². The molecular weight excluding hydrogens is 596 g/mol. The minimum atomic E-state index is -3.59. The predicted octanol–water partition coefficient (Wildman–Crippen LogP) is 1.08. The first-order valence-electron chi connectivity index (χ1n) is 13.9. The van der Waals surface area contributed by atoms with Crippen molar-refractivity contribution in [2.75, 3.05) is 59.2 Å². The van der Waals surface area contributed by atoms with E-state index < -0.39 is 20.0 Å². The summed E-state index contributed by atoms with van der Waals surface area (Å²) in [7, 11) is -7.17. The highest BCUT2D eigenvalue weighted by Crippen LogP contribution is 2.19. The van der Waals surface area contributed by atoms with E-state index >= 15 is 0 Å². The highest BCUT2D eigenvalue weighted by atomic mass is 32.2. The molecule has 14 heteroatoms. The van der Waals surface area contributed by atoms with Gasteiger partial charge in [-0.3, -0.25) is 9.59 Å². The summed E-state index contributed by atoms with van der Waals surface area (Å²) in [5, 5.41) is 5.47. The maximum atomic E-state index is 12.7. The third-order valence-corrected chi connectivity index (χ3v) is 10.6. The Morgan fingerprint density at radius 3 is 1.53 bits per heavy atom. The monoisotopic (exact) mass is 632 g/mol. The number of ether oxygens (including phenoxy) is 2. The summed E-state index contributed by atoms with van der Waals surface area (Å²) in [5.41, 5.74) is 1.32. The maximum Gasteiger partial charge on any atom is 0.244 e. The molecule has 0 saturated carbocycles. The summed E-state index contributed by atoms with van der Waals surface area (Å²) >= 11 is 0. The van der Waals surface area contributed by atoms with Crippen LogP contribution >= 0.6 is 0 Å². The molecule has 0 spiro atoms. The Kier molecular flexibility index (Phi) is 11.2. The molecule has 2 aliphatic heterocycles. The van der Waals surface area contributed by atoms with Crippen LogP contribution in [0.15, 0.2) is 70.5 Å². The van der Waals surface area contributed by atoms with Crippen LogP contribution < -0.4 is 10.6 Å². The number of carbonyl (C=O) groups excluding carboxylic acids is 2. The molecule has 2 fully saturated rings. The first-order valence-corrected chi connectivity index (χ1v) is 16.7. The second-order valence-electron chi connectivity index (χ2n) is 9.99. The molecule has 2 N–H and O–H groups in total. The molecule has 2 saturated heterocycles. The molecule has 12 nitrogen and oxygen atoms in total. The topological polar surface area (TPSA) is 151 Å². The molecule has 0 radical (unpaired) electrons. The second kappa shape index (κ2) is 14.9. The fraction of sp³-hybridized carbons (Fsp3) is 0.379. The molecule has 1 atom stereocenters. The third kappa shape index (κ3) is 9.05. The van der Waals surface area contributed by atoms with Gasteiger partial charge < -0.3 is 20.1 Å². The molecule has 4 rings (SSSR count). The normalized spacial score (nSPS) is 18.1. The first kappa shape index (κ1) is 32.5. The van der Waals surface area contributed by atoms with Crippen LogP contribution in [0.1, 0.15) is 18.1 Å². The van der Waals surface area contributed by atoms with Crippen LogP contribution in [0.5, 0.6) is 0 Å². The highest BCUT2D eigenvalue weighted by Gasteiger charge is 2.27. The number of hydrogen-bond acceptors (Lipinski definition) is 8. The van der Waals surface area contributed by atoms with Crippen LogP contribution in [0, 0.1) is 0 Å². The summed E-state index contributed by atoms with van der Waals surface area (Å²) < 4.78 is 64.1. The number of hydrogen-bond donors (Lipinski definition) is 2. The molecule has 0 bridgehead atoms. The Bertz CT molecular complexity index is 1530. The van der Waals surface area contributed by atoms with Gasteiger partial charge in [0.05, 0.1) is 36.2 Å². The molecule has 2 aromatic rings. The van der Waals surface area contributed by atoms with Gasteiger partial charge in [0.1, 0.15) is 0 Å². The van der Waals surface area contributed by atoms with E-state index in [0.29, 0.717) is 63.7 Å². The van der Waals surface area contributed by atoms with Crippen LogP contribution in [0.3, 0.4) is 0 Å². The Hall–Kier alpha value is -3.40. The van der Waals surface area contributed by atoms with Gasteiger partial charge in [0.25, 0.3) is 0 Å². The van der Waals surface area contributed by atoms with Crippen molar-refractivity contribution in [3.8, 4) is 0 Å². The summed E-state index contributed by atoms with van der Waals surface area (Å²) in [6.45, 7) is 4.68. The lowest BCUT2D eigenvalue weighted by Gasteiger charge is -2.26. The van der Waals surface area contributed by atoms with E-state index in [1.54, 1.807) is 43.3 Å². The molecule has 2 aromatic carbocycles. The Morgan fingerprint density at radius 1 is 0.721 bits per heavy atom. The van der Waals surface area contributed by atoms with E-state index in [2.05, 4.69) is 10.6 Å². The summed E-state index contributed by atoms with van der Waals surface area (Å²) in [6, 6.07) is 12.2. The average Bonchev–Trinajstić information content (AvgIpc) is 3.03. The van der Waals surface area contributed by atoms with Crippen molar-refractivity contribution in [3.63, 3.8) is 0 Å². The lowest BCUT2D eigenvalue weighted by molar-refractivity contribution is -0.118. The molecule has 43 heavy (non-hydrogen) atoms. The SMILES string of the molecule is C[C@H](CNC(=O)/C=C/c1ccc(S(=O)(=O)N2CCOCC2)cc1)NC(=O)/C=C/c1ccc(S(=O)(=O)N2CCOCC2)cc1. The van der Waals surface area contributed by atoms with Gasteiger partial charge in [-0.15, -0.1) is 0 Å². The van der Waals surface area contributed by atoms with Crippen molar-refractivity contribution in [2.24, 2.45) is 0 Å². The summed E-state index contributed by atoms with van der Waals surface area (Å²) in [6.07, 6.45) is 5.82. The number of morpholine rings is 2. The van der Waals surface area contributed by atoms with Crippen molar-refractivity contribution in [1.82, 2.24) is 19.2 Å². The van der Waals surface area contributed by atoms with Gasteiger partial charge >= 0.3 is 0 Å². The van der Waals surface area contributed by atoms with Crippen LogP contribution in [-0.2, 0) is 39.1 Å². The molecule has 0 aliphatic carbocycles. The third-order valence-electron chi connectivity index (χ3n) is 6.80. The van der Waals surface area contributed by atoms with Crippen molar-refractivity contribution in [3.05, 3.63) is 71.8 Å². The number of sulfonamides is 2. The van der Waals surface area contributed by atoms with E-state index in [1.165, 1.54) is 45.0 Å². The van der Waals surface area contributed by atoms with Gasteiger partial charge in [0.2, 0.25) is 31.9 Å². The highest BCUT2D eigenvalue weighted by molar-refractivity contribution is 7.89. The van der Waals surface area contributed by atoms with Crippen LogP contribution in [0.2, 0.25) is 0 Å². The number of benzene rings is 2. The maximum absolute atomic E-state index is 12.7.